The molecule has 2 atom stereocenters. The molecule has 2 unspecified atom stereocenters. The van der Waals surface area contributed by atoms with Gasteiger partial charge in [0.2, 0.25) is 0 Å². The van der Waals surface area contributed by atoms with Crippen LogP contribution in [-0.4, -0.2) is 26.3 Å². The van der Waals surface area contributed by atoms with E-state index >= 15 is 0 Å². The summed E-state index contributed by atoms with van der Waals surface area (Å²) >= 11 is 0. The SMILES string of the molecule is CCc1cc(C2OCCNC2C)ccc1OC. The summed E-state index contributed by atoms with van der Waals surface area (Å²) < 4.78 is 11.2. The summed E-state index contributed by atoms with van der Waals surface area (Å²) in [6.45, 7) is 6.03. The Labute approximate surface area is 103 Å². The van der Waals surface area contributed by atoms with Crippen molar-refractivity contribution in [3.05, 3.63) is 29.3 Å². The Morgan fingerprint density at radius 3 is 2.94 bits per heavy atom. The molecule has 1 N–H and O–H groups in total. The number of methoxy groups -OCH3 is 1. The Bertz CT molecular complexity index is 378. The maximum absolute atomic E-state index is 5.85. The molecule has 94 valence electrons. The molecule has 3 nitrogen and oxygen atoms in total. The zero-order chi connectivity index (χ0) is 12.3. The van der Waals surface area contributed by atoms with E-state index in [0.717, 1.165) is 25.3 Å². The molecule has 17 heavy (non-hydrogen) atoms. The first-order valence-electron chi connectivity index (χ1n) is 6.28. The Morgan fingerprint density at radius 2 is 2.29 bits per heavy atom. The van der Waals surface area contributed by atoms with Crippen LogP contribution in [0.15, 0.2) is 18.2 Å². The molecule has 3 heteroatoms. The minimum Gasteiger partial charge on any atom is -0.496 e. The summed E-state index contributed by atoms with van der Waals surface area (Å²) in [6, 6.07) is 6.71. The van der Waals surface area contributed by atoms with Crippen molar-refractivity contribution in [2.24, 2.45) is 0 Å². The number of rotatable bonds is 3. The highest BCUT2D eigenvalue weighted by Gasteiger charge is 2.23. The zero-order valence-corrected chi connectivity index (χ0v) is 10.8. The second kappa shape index (κ2) is 5.52. The second-order valence-corrected chi connectivity index (χ2v) is 4.46. The summed E-state index contributed by atoms with van der Waals surface area (Å²) in [5.41, 5.74) is 2.48. The quantitative estimate of drug-likeness (QED) is 0.872. The Hall–Kier alpha value is -1.06. The summed E-state index contributed by atoms with van der Waals surface area (Å²) in [6.07, 6.45) is 1.13. The minimum absolute atomic E-state index is 0.153. The molecule has 0 bridgehead atoms. The molecule has 1 aromatic rings. The van der Waals surface area contributed by atoms with Gasteiger partial charge < -0.3 is 14.8 Å². The molecule has 0 aromatic heterocycles. The van der Waals surface area contributed by atoms with Gasteiger partial charge in [0.1, 0.15) is 5.75 Å². The van der Waals surface area contributed by atoms with E-state index in [1.165, 1.54) is 11.1 Å². The molecule has 0 amide bonds. The van der Waals surface area contributed by atoms with Crippen molar-refractivity contribution >= 4 is 0 Å². The van der Waals surface area contributed by atoms with Gasteiger partial charge in [0, 0.05) is 12.6 Å². The van der Waals surface area contributed by atoms with E-state index < -0.39 is 0 Å². The van der Waals surface area contributed by atoms with E-state index in [2.05, 4.69) is 31.3 Å². The minimum atomic E-state index is 0.153. The highest BCUT2D eigenvalue weighted by molar-refractivity contribution is 5.38. The largest absolute Gasteiger partial charge is 0.496 e. The third-order valence-electron chi connectivity index (χ3n) is 3.33. The van der Waals surface area contributed by atoms with Crippen LogP contribution >= 0.6 is 0 Å². The summed E-state index contributed by atoms with van der Waals surface area (Å²) in [4.78, 5) is 0. The van der Waals surface area contributed by atoms with Gasteiger partial charge in [-0.15, -0.1) is 0 Å². The number of morpholine rings is 1. The van der Waals surface area contributed by atoms with E-state index in [4.69, 9.17) is 9.47 Å². The highest BCUT2D eigenvalue weighted by atomic mass is 16.5. The first kappa shape index (κ1) is 12.4. The summed E-state index contributed by atoms with van der Waals surface area (Å²) in [5, 5.41) is 3.44. The first-order valence-corrected chi connectivity index (χ1v) is 6.28. The van der Waals surface area contributed by atoms with Gasteiger partial charge in [-0.1, -0.05) is 13.0 Å². The molecular formula is C14H21NO2. The molecule has 1 fully saturated rings. The van der Waals surface area contributed by atoms with Crippen LogP contribution in [0.25, 0.3) is 0 Å². The summed E-state index contributed by atoms with van der Waals surface area (Å²) in [7, 11) is 1.72. The van der Waals surface area contributed by atoms with Gasteiger partial charge in [0.05, 0.1) is 19.8 Å². The lowest BCUT2D eigenvalue weighted by Crippen LogP contribution is -2.41. The standard InChI is InChI=1S/C14H21NO2/c1-4-11-9-12(5-6-13(11)16-3)14-10(2)15-7-8-17-14/h5-6,9-10,14-15H,4,7-8H2,1-3H3. The highest BCUT2D eigenvalue weighted by Crippen LogP contribution is 2.28. The topological polar surface area (TPSA) is 30.5 Å². The summed E-state index contributed by atoms with van der Waals surface area (Å²) in [5.74, 6) is 0.965. The van der Waals surface area contributed by atoms with Gasteiger partial charge in [0.15, 0.2) is 0 Å². The monoisotopic (exact) mass is 235 g/mol. The molecular weight excluding hydrogens is 214 g/mol. The van der Waals surface area contributed by atoms with Gasteiger partial charge in [-0.2, -0.15) is 0 Å². The van der Waals surface area contributed by atoms with Crippen LogP contribution in [0.4, 0.5) is 0 Å². The lowest BCUT2D eigenvalue weighted by Gasteiger charge is -2.31. The van der Waals surface area contributed by atoms with E-state index in [-0.39, 0.29) is 6.10 Å². The second-order valence-electron chi connectivity index (χ2n) is 4.46. The van der Waals surface area contributed by atoms with Crippen molar-refractivity contribution in [3.63, 3.8) is 0 Å². The molecule has 2 rings (SSSR count). The van der Waals surface area contributed by atoms with Gasteiger partial charge in [-0.25, -0.2) is 0 Å². The van der Waals surface area contributed by atoms with Crippen molar-refractivity contribution in [3.8, 4) is 5.75 Å². The van der Waals surface area contributed by atoms with Crippen LogP contribution < -0.4 is 10.1 Å². The Balaban J connectivity index is 2.25. The van der Waals surface area contributed by atoms with Crippen LogP contribution in [0.5, 0.6) is 5.75 Å². The van der Waals surface area contributed by atoms with Crippen LogP contribution in [0.3, 0.4) is 0 Å². The molecule has 0 radical (unpaired) electrons. The third kappa shape index (κ3) is 2.61. The number of aryl methyl sites for hydroxylation is 1. The number of hydrogen-bond acceptors (Lipinski definition) is 3. The van der Waals surface area contributed by atoms with E-state index in [0.29, 0.717) is 6.04 Å². The molecule has 1 aliphatic heterocycles. The van der Waals surface area contributed by atoms with Crippen molar-refractivity contribution in [2.45, 2.75) is 32.4 Å². The fourth-order valence-corrected chi connectivity index (χ4v) is 2.36. The van der Waals surface area contributed by atoms with Crippen LogP contribution in [0.2, 0.25) is 0 Å². The predicted molar refractivity (Wildman–Crippen MR) is 68.5 cm³/mol. The van der Waals surface area contributed by atoms with E-state index in [9.17, 15) is 0 Å². The van der Waals surface area contributed by atoms with Crippen molar-refractivity contribution in [1.82, 2.24) is 5.32 Å². The van der Waals surface area contributed by atoms with Crippen LogP contribution in [0, 0.1) is 0 Å². The smallest absolute Gasteiger partial charge is 0.122 e. The van der Waals surface area contributed by atoms with E-state index in [1.807, 2.05) is 6.07 Å². The molecule has 0 aliphatic carbocycles. The Morgan fingerprint density at radius 1 is 1.47 bits per heavy atom. The fourth-order valence-electron chi connectivity index (χ4n) is 2.36. The molecule has 0 saturated carbocycles. The fraction of sp³-hybridized carbons (Fsp3) is 0.571. The van der Waals surface area contributed by atoms with Gasteiger partial charge in [0.25, 0.3) is 0 Å². The molecule has 0 spiro atoms. The normalized spacial score (nSPS) is 24.6. The van der Waals surface area contributed by atoms with Crippen LogP contribution in [-0.2, 0) is 11.2 Å². The first-order chi connectivity index (χ1) is 8.26. The molecule has 1 heterocycles. The average Bonchev–Trinajstić information content (AvgIpc) is 2.38. The van der Waals surface area contributed by atoms with Crippen LogP contribution in [0.1, 0.15) is 31.1 Å². The number of nitrogens with one attached hydrogen (secondary N) is 1. The molecule has 1 saturated heterocycles. The number of benzene rings is 1. The van der Waals surface area contributed by atoms with Crippen molar-refractivity contribution in [2.75, 3.05) is 20.3 Å². The third-order valence-corrected chi connectivity index (χ3v) is 3.33. The van der Waals surface area contributed by atoms with Gasteiger partial charge >= 0.3 is 0 Å². The number of hydrogen-bond donors (Lipinski definition) is 1. The number of ether oxygens (including phenoxy) is 2. The predicted octanol–water partition coefficient (Wildman–Crippen LogP) is 2.31. The average molecular weight is 235 g/mol. The molecule has 1 aromatic carbocycles. The zero-order valence-electron chi connectivity index (χ0n) is 10.8. The molecule has 1 aliphatic rings. The Kier molecular flexibility index (Phi) is 4.02. The lowest BCUT2D eigenvalue weighted by atomic mass is 9.98. The van der Waals surface area contributed by atoms with E-state index in [1.54, 1.807) is 7.11 Å². The maximum atomic E-state index is 5.85. The van der Waals surface area contributed by atoms with Crippen molar-refractivity contribution < 1.29 is 9.47 Å². The lowest BCUT2D eigenvalue weighted by molar-refractivity contribution is -0.000284. The van der Waals surface area contributed by atoms with Gasteiger partial charge in [-0.3, -0.25) is 0 Å². The van der Waals surface area contributed by atoms with Crippen molar-refractivity contribution in [1.29, 1.82) is 0 Å². The van der Waals surface area contributed by atoms with Gasteiger partial charge in [-0.05, 0) is 36.6 Å². The maximum Gasteiger partial charge on any atom is 0.122 e.